The minimum Gasteiger partial charge on any atom is -0.387 e. The maximum Gasteiger partial charge on any atom is 0.129 e. The molecule has 2 atom stereocenters. The standard InChI is InChI=1S/C22H40F2O/c1-3-6-16(7-4-2)8-5-9-17-10-12-18(13-11-17)19-14-20(23)22(25)21(24)15-19/h16-22,25H,3-15H2,1-2H3. The number of halogens is 2. The molecule has 0 heterocycles. The van der Waals surface area contributed by atoms with Crippen LogP contribution < -0.4 is 0 Å². The predicted molar refractivity (Wildman–Crippen MR) is 101 cm³/mol. The van der Waals surface area contributed by atoms with Gasteiger partial charge in [-0.25, -0.2) is 8.78 Å². The van der Waals surface area contributed by atoms with Crippen molar-refractivity contribution < 1.29 is 13.9 Å². The summed E-state index contributed by atoms with van der Waals surface area (Å²) in [7, 11) is 0. The van der Waals surface area contributed by atoms with Crippen molar-refractivity contribution in [1.82, 2.24) is 0 Å². The summed E-state index contributed by atoms with van der Waals surface area (Å²) in [5.41, 5.74) is 0. The molecule has 2 fully saturated rings. The fourth-order valence-electron chi connectivity index (χ4n) is 5.46. The highest BCUT2D eigenvalue weighted by atomic mass is 19.1. The normalized spacial score (nSPS) is 36.7. The van der Waals surface area contributed by atoms with Gasteiger partial charge in [0.1, 0.15) is 18.4 Å². The van der Waals surface area contributed by atoms with Crippen LogP contribution in [-0.2, 0) is 0 Å². The zero-order chi connectivity index (χ0) is 18.2. The zero-order valence-electron chi connectivity index (χ0n) is 16.4. The summed E-state index contributed by atoms with van der Waals surface area (Å²) >= 11 is 0. The molecule has 2 saturated carbocycles. The van der Waals surface area contributed by atoms with Gasteiger partial charge in [0.15, 0.2) is 0 Å². The van der Waals surface area contributed by atoms with Crippen molar-refractivity contribution in [1.29, 1.82) is 0 Å². The van der Waals surface area contributed by atoms with Gasteiger partial charge in [0.2, 0.25) is 0 Å². The Morgan fingerprint density at radius 1 is 0.840 bits per heavy atom. The lowest BCUT2D eigenvalue weighted by Crippen LogP contribution is -2.42. The van der Waals surface area contributed by atoms with E-state index < -0.39 is 18.4 Å². The first-order valence-corrected chi connectivity index (χ1v) is 11.0. The highest BCUT2D eigenvalue weighted by molar-refractivity contribution is 4.90. The molecule has 0 saturated heterocycles. The monoisotopic (exact) mass is 358 g/mol. The molecule has 1 N–H and O–H groups in total. The Morgan fingerprint density at radius 2 is 1.40 bits per heavy atom. The summed E-state index contributed by atoms with van der Waals surface area (Å²) in [6.07, 6.45) is 10.8. The molecule has 3 heteroatoms. The highest BCUT2D eigenvalue weighted by Gasteiger charge is 2.40. The van der Waals surface area contributed by atoms with E-state index in [9.17, 15) is 13.9 Å². The molecule has 0 bridgehead atoms. The van der Waals surface area contributed by atoms with Gasteiger partial charge in [-0.3, -0.25) is 0 Å². The Morgan fingerprint density at radius 3 is 1.92 bits per heavy atom. The first-order valence-electron chi connectivity index (χ1n) is 11.0. The summed E-state index contributed by atoms with van der Waals surface area (Å²) in [6, 6.07) is 0. The third kappa shape index (κ3) is 6.48. The Labute approximate surface area is 154 Å². The van der Waals surface area contributed by atoms with E-state index in [0.717, 1.165) is 24.7 Å². The summed E-state index contributed by atoms with van der Waals surface area (Å²) in [4.78, 5) is 0. The minimum absolute atomic E-state index is 0.146. The molecule has 0 amide bonds. The van der Waals surface area contributed by atoms with Crippen molar-refractivity contribution in [3.8, 4) is 0 Å². The van der Waals surface area contributed by atoms with Gasteiger partial charge in [-0.2, -0.15) is 0 Å². The smallest absolute Gasteiger partial charge is 0.129 e. The molecule has 0 radical (unpaired) electrons. The number of alkyl halides is 2. The van der Waals surface area contributed by atoms with Crippen LogP contribution in [0.15, 0.2) is 0 Å². The Hall–Kier alpha value is -0.180. The second-order valence-electron chi connectivity index (χ2n) is 8.91. The number of hydrogen-bond donors (Lipinski definition) is 1. The van der Waals surface area contributed by atoms with Crippen LogP contribution in [0, 0.1) is 23.7 Å². The lowest BCUT2D eigenvalue weighted by Gasteiger charge is -2.39. The van der Waals surface area contributed by atoms with E-state index in [2.05, 4.69) is 13.8 Å². The van der Waals surface area contributed by atoms with Gasteiger partial charge in [-0.15, -0.1) is 0 Å². The summed E-state index contributed by atoms with van der Waals surface area (Å²) < 4.78 is 27.6. The van der Waals surface area contributed by atoms with E-state index in [1.165, 1.54) is 57.8 Å². The summed E-state index contributed by atoms with van der Waals surface area (Å²) in [6.45, 7) is 4.58. The summed E-state index contributed by atoms with van der Waals surface area (Å²) in [5.74, 6) is 2.38. The Kier molecular flexibility index (Phi) is 9.16. The van der Waals surface area contributed by atoms with Gasteiger partial charge in [-0.1, -0.05) is 71.6 Å². The van der Waals surface area contributed by atoms with Gasteiger partial charge < -0.3 is 5.11 Å². The van der Waals surface area contributed by atoms with Gasteiger partial charge >= 0.3 is 0 Å². The predicted octanol–water partition coefficient (Wildman–Crippen LogP) is 6.63. The first kappa shape index (κ1) is 21.1. The zero-order valence-corrected chi connectivity index (χ0v) is 16.4. The van der Waals surface area contributed by atoms with Crippen LogP contribution in [-0.4, -0.2) is 23.6 Å². The second kappa shape index (κ2) is 10.8. The molecule has 148 valence electrons. The third-order valence-corrected chi connectivity index (χ3v) is 6.97. The van der Waals surface area contributed by atoms with Crippen LogP contribution in [0.4, 0.5) is 8.78 Å². The van der Waals surface area contributed by atoms with Crippen LogP contribution >= 0.6 is 0 Å². The molecule has 2 aliphatic rings. The molecule has 0 aliphatic heterocycles. The number of rotatable bonds is 9. The Balaban J connectivity index is 1.66. The van der Waals surface area contributed by atoms with E-state index in [1.54, 1.807) is 0 Å². The van der Waals surface area contributed by atoms with Crippen LogP contribution in [0.5, 0.6) is 0 Å². The minimum atomic E-state index is -1.38. The van der Waals surface area contributed by atoms with Crippen LogP contribution in [0.2, 0.25) is 0 Å². The molecule has 2 aliphatic carbocycles. The third-order valence-electron chi connectivity index (χ3n) is 6.97. The fourth-order valence-corrected chi connectivity index (χ4v) is 5.46. The average Bonchev–Trinajstić information content (AvgIpc) is 2.60. The highest BCUT2D eigenvalue weighted by Crippen LogP contribution is 2.42. The number of aliphatic hydroxyl groups excluding tert-OH is 1. The second-order valence-corrected chi connectivity index (χ2v) is 8.91. The van der Waals surface area contributed by atoms with E-state index in [1.807, 2.05) is 0 Å². The van der Waals surface area contributed by atoms with Crippen molar-refractivity contribution >= 4 is 0 Å². The Bertz CT molecular complexity index is 336. The topological polar surface area (TPSA) is 20.2 Å². The maximum atomic E-state index is 13.8. The molecule has 1 nitrogen and oxygen atoms in total. The van der Waals surface area contributed by atoms with E-state index >= 15 is 0 Å². The molecule has 0 spiro atoms. The van der Waals surface area contributed by atoms with Gasteiger partial charge in [0.05, 0.1) is 0 Å². The largest absolute Gasteiger partial charge is 0.387 e. The van der Waals surface area contributed by atoms with Gasteiger partial charge in [-0.05, 0) is 49.4 Å². The lowest BCUT2D eigenvalue weighted by atomic mass is 9.69. The molecule has 0 aromatic carbocycles. The number of aliphatic hydroxyl groups is 1. The van der Waals surface area contributed by atoms with Crippen LogP contribution in [0.1, 0.15) is 97.3 Å². The first-order chi connectivity index (χ1) is 12.0. The maximum absolute atomic E-state index is 13.8. The molecular weight excluding hydrogens is 318 g/mol. The molecule has 0 aromatic heterocycles. The van der Waals surface area contributed by atoms with Crippen molar-refractivity contribution in [2.75, 3.05) is 0 Å². The average molecular weight is 359 g/mol. The van der Waals surface area contributed by atoms with E-state index in [-0.39, 0.29) is 5.92 Å². The van der Waals surface area contributed by atoms with Crippen molar-refractivity contribution in [2.24, 2.45) is 23.7 Å². The number of hydrogen-bond acceptors (Lipinski definition) is 1. The van der Waals surface area contributed by atoms with E-state index in [4.69, 9.17) is 0 Å². The van der Waals surface area contributed by atoms with Gasteiger partial charge in [0, 0.05) is 0 Å². The molecular formula is C22H40F2O. The molecule has 0 aromatic rings. The van der Waals surface area contributed by atoms with Crippen molar-refractivity contribution in [2.45, 2.75) is 116 Å². The molecule has 2 unspecified atom stereocenters. The molecule has 25 heavy (non-hydrogen) atoms. The summed E-state index contributed by atoms with van der Waals surface area (Å²) in [5, 5.41) is 9.47. The van der Waals surface area contributed by atoms with Crippen LogP contribution in [0.25, 0.3) is 0 Å². The lowest BCUT2D eigenvalue weighted by molar-refractivity contribution is -0.0495. The quantitative estimate of drug-likeness (QED) is 0.490. The molecule has 2 rings (SSSR count). The van der Waals surface area contributed by atoms with E-state index in [0.29, 0.717) is 18.8 Å². The van der Waals surface area contributed by atoms with Crippen molar-refractivity contribution in [3.63, 3.8) is 0 Å². The van der Waals surface area contributed by atoms with Crippen LogP contribution in [0.3, 0.4) is 0 Å². The SMILES string of the molecule is CCCC(CCC)CCCC1CCC(C2CC(F)C(O)C(F)C2)CC1. The fraction of sp³-hybridized carbons (Fsp3) is 1.00. The van der Waals surface area contributed by atoms with Gasteiger partial charge in [0.25, 0.3) is 0 Å². The van der Waals surface area contributed by atoms with Crippen molar-refractivity contribution in [3.05, 3.63) is 0 Å².